The molecule has 6 heteroatoms. The minimum Gasteiger partial charge on any atom is -0.378 e. The van der Waals surface area contributed by atoms with Crippen LogP contribution in [-0.4, -0.2) is 33.5 Å². The van der Waals surface area contributed by atoms with E-state index in [2.05, 4.69) is 26.2 Å². The zero-order chi connectivity index (χ0) is 11.8. The molecule has 0 amide bonds. The zero-order valence-corrected chi connectivity index (χ0v) is 11.0. The van der Waals surface area contributed by atoms with E-state index in [0.29, 0.717) is 16.7 Å². The Kier molecular flexibility index (Phi) is 3.12. The Hall–Kier alpha value is -0.750. The monoisotopic (exact) mass is 287 g/mol. The first kappa shape index (κ1) is 11.7. The summed E-state index contributed by atoms with van der Waals surface area (Å²) in [5.41, 5.74) is 0.268. The fourth-order valence-electron chi connectivity index (χ4n) is 2.03. The van der Waals surface area contributed by atoms with Crippen LogP contribution in [0.3, 0.4) is 0 Å². The summed E-state index contributed by atoms with van der Waals surface area (Å²) in [6.07, 6.45) is 3.45. The average Bonchev–Trinajstić information content (AvgIpc) is 2.52. The van der Waals surface area contributed by atoms with Crippen molar-refractivity contribution in [3.05, 3.63) is 10.3 Å². The predicted molar refractivity (Wildman–Crippen MR) is 61.2 cm³/mol. The van der Waals surface area contributed by atoms with Gasteiger partial charge in [0.15, 0.2) is 10.4 Å². The highest BCUT2D eigenvalue weighted by Gasteiger charge is 2.40. The Morgan fingerprint density at radius 2 is 2.31 bits per heavy atom. The highest BCUT2D eigenvalue weighted by molar-refractivity contribution is 9.10. The lowest BCUT2D eigenvalue weighted by atomic mass is 9.76. The second-order valence-electron chi connectivity index (χ2n) is 4.19. The third-order valence-corrected chi connectivity index (χ3v) is 3.76. The van der Waals surface area contributed by atoms with Crippen LogP contribution in [0.2, 0.25) is 0 Å². The minimum absolute atomic E-state index is 0.0286. The molecule has 1 aromatic rings. The van der Waals surface area contributed by atoms with Crippen molar-refractivity contribution in [1.29, 1.82) is 0 Å². The maximum Gasteiger partial charge on any atom is 0.186 e. The van der Waals surface area contributed by atoms with Gasteiger partial charge in [-0.2, -0.15) is 0 Å². The molecule has 0 bridgehead atoms. The largest absolute Gasteiger partial charge is 0.378 e. The Bertz CT molecular complexity index is 387. The molecular weight excluding hydrogens is 274 g/mol. The molecule has 0 saturated heterocycles. The maximum atomic E-state index is 12.1. The Morgan fingerprint density at radius 1 is 1.62 bits per heavy atom. The third kappa shape index (κ3) is 1.91. The summed E-state index contributed by atoms with van der Waals surface area (Å²) < 4.78 is 7.44. The number of Topliss-reactive ketones (excluding diaryl/α,β-unsaturated/α-hetero) is 1. The standard InChI is InChI=1S/C10H14BrN3O2/c1-14-8(9(11)12-13-14)7(15)6-10(16-2)4-3-5-10/h3-6H2,1-2H3. The smallest absolute Gasteiger partial charge is 0.186 e. The molecule has 0 N–H and O–H groups in total. The molecule has 2 rings (SSSR count). The number of aromatic nitrogens is 3. The molecule has 1 fully saturated rings. The van der Waals surface area contributed by atoms with Crippen LogP contribution >= 0.6 is 15.9 Å². The van der Waals surface area contributed by atoms with Crippen molar-refractivity contribution >= 4 is 21.7 Å². The zero-order valence-electron chi connectivity index (χ0n) is 9.36. The molecule has 0 radical (unpaired) electrons. The summed E-state index contributed by atoms with van der Waals surface area (Å²) in [5, 5.41) is 7.60. The Morgan fingerprint density at radius 3 is 2.69 bits per heavy atom. The van der Waals surface area contributed by atoms with Crippen LogP contribution in [-0.2, 0) is 11.8 Å². The molecule has 0 atom stereocenters. The van der Waals surface area contributed by atoms with Crippen molar-refractivity contribution in [2.75, 3.05) is 7.11 Å². The lowest BCUT2D eigenvalue weighted by Crippen LogP contribution is -2.41. The van der Waals surface area contributed by atoms with Crippen LogP contribution in [0.15, 0.2) is 4.60 Å². The molecule has 1 heterocycles. The van der Waals surface area contributed by atoms with E-state index in [1.54, 1.807) is 14.2 Å². The second kappa shape index (κ2) is 4.25. The van der Waals surface area contributed by atoms with Gasteiger partial charge in [0.2, 0.25) is 0 Å². The molecule has 1 aliphatic rings. The molecule has 16 heavy (non-hydrogen) atoms. The van der Waals surface area contributed by atoms with Gasteiger partial charge in [0.05, 0.1) is 5.60 Å². The minimum atomic E-state index is -0.249. The van der Waals surface area contributed by atoms with Crippen LogP contribution in [0, 0.1) is 0 Å². The van der Waals surface area contributed by atoms with E-state index in [9.17, 15) is 4.79 Å². The molecule has 0 spiro atoms. The van der Waals surface area contributed by atoms with Crippen molar-refractivity contribution in [1.82, 2.24) is 15.0 Å². The first-order valence-electron chi connectivity index (χ1n) is 5.21. The number of ketones is 1. The molecule has 1 aliphatic carbocycles. The van der Waals surface area contributed by atoms with Gasteiger partial charge in [0, 0.05) is 20.6 Å². The molecule has 0 aromatic carbocycles. The number of carbonyl (C=O) groups excluding carboxylic acids is 1. The van der Waals surface area contributed by atoms with E-state index < -0.39 is 0 Å². The summed E-state index contributed by atoms with van der Waals surface area (Å²) in [6, 6.07) is 0. The first-order chi connectivity index (χ1) is 7.58. The number of nitrogens with zero attached hydrogens (tertiary/aromatic N) is 3. The summed E-state index contributed by atoms with van der Waals surface area (Å²) in [7, 11) is 3.38. The van der Waals surface area contributed by atoms with Crippen molar-refractivity contribution in [3.63, 3.8) is 0 Å². The normalized spacial score (nSPS) is 18.2. The van der Waals surface area contributed by atoms with Crippen molar-refractivity contribution in [2.24, 2.45) is 7.05 Å². The first-order valence-corrected chi connectivity index (χ1v) is 6.01. The average molecular weight is 288 g/mol. The predicted octanol–water partition coefficient (Wildman–Crippen LogP) is 1.72. The quantitative estimate of drug-likeness (QED) is 0.792. The van der Waals surface area contributed by atoms with Crippen LogP contribution in [0.1, 0.15) is 36.2 Å². The van der Waals surface area contributed by atoms with Gasteiger partial charge in [-0.25, -0.2) is 4.68 Å². The lowest BCUT2D eigenvalue weighted by Gasteiger charge is -2.39. The summed E-state index contributed by atoms with van der Waals surface area (Å²) in [6.45, 7) is 0. The van der Waals surface area contributed by atoms with Gasteiger partial charge in [-0.15, -0.1) is 5.10 Å². The van der Waals surface area contributed by atoms with Gasteiger partial charge in [0.25, 0.3) is 0 Å². The van der Waals surface area contributed by atoms with Crippen molar-refractivity contribution < 1.29 is 9.53 Å². The highest BCUT2D eigenvalue weighted by Crippen LogP contribution is 2.39. The van der Waals surface area contributed by atoms with Gasteiger partial charge in [0.1, 0.15) is 5.69 Å². The molecule has 88 valence electrons. The number of halogens is 1. The van der Waals surface area contributed by atoms with Gasteiger partial charge >= 0.3 is 0 Å². The van der Waals surface area contributed by atoms with Gasteiger partial charge in [-0.1, -0.05) is 5.21 Å². The molecule has 0 aliphatic heterocycles. The van der Waals surface area contributed by atoms with Crippen molar-refractivity contribution in [3.8, 4) is 0 Å². The van der Waals surface area contributed by atoms with Gasteiger partial charge in [-0.05, 0) is 35.2 Å². The van der Waals surface area contributed by atoms with Crippen LogP contribution in [0.5, 0.6) is 0 Å². The van der Waals surface area contributed by atoms with E-state index in [1.807, 2.05) is 0 Å². The maximum absolute atomic E-state index is 12.1. The van der Waals surface area contributed by atoms with Crippen LogP contribution in [0.4, 0.5) is 0 Å². The number of methoxy groups -OCH3 is 1. The number of hydrogen-bond acceptors (Lipinski definition) is 4. The van der Waals surface area contributed by atoms with Crippen LogP contribution in [0.25, 0.3) is 0 Å². The fourth-order valence-corrected chi connectivity index (χ4v) is 2.58. The highest BCUT2D eigenvalue weighted by atomic mass is 79.9. The second-order valence-corrected chi connectivity index (χ2v) is 4.94. The Balaban J connectivity index is 2.14. The molecular formula is C10H14BrN3O2. The molecule has 1 aromatic heterocycles. The third-order valence-electron chi connectivity index (χ3n) is 3.23. The van der Waals surface area contributed by atoms with E-state index in [1.165, 1.54) is 4.68 Å². The summed E-state index contributed by atoms with van der Waals surface area (Å²) in [5.74, 6) is 0.0286. The Labute approximate surface area is 102 Å². The van der Waals surface area contributed by atoms with Gasteiger partial charge in [-0.3, -0.25) is 4.79 Å². The number of hydrogen-bond donors (Lipinski definition) is 0. The molecule has 0 unspecified atom stereocenters. The van der Waals surface area contributed by atoms with E-state index in [0.717, 1.165) is 19.3 Å². The van der Waals surface area contributed by atoms with Gasteiger partial charge < -0.3 is 4.74 Å². The van der Waals surface area contributed by atoms with Crippen LogP contribution < -0.4 is 0 Å². The number of aryl methyl sites for hydroxylation is 1. The van der Waals surface area contributed by atoms with E-state index in [-0.39, 0.29) is 11.4 Å². The van der Waals surface area contributed by atoms with E-state index >= 15 is 0 Å². The molecule has 1 saturated carbocycles. The number of ether oxygens (including phenoxy) is 1. The summed E-state index contributed by atoms with van der Waals surface area (Å²) in [4.78, 5) is 12.1. The lowest BCUT2D eigenvalue weighted by molar-refractivity contribution is -0.0706. The SMILES string of the molecule is COC1(CC(=O)c2c(Br)nnn2C)CCC1. The fraction of sp³-hybridized carbons (Fsp3) is 0.700. The number of carbonyl (C=O) groups is 1. The topological polar surface area (TPSA) is 57.0 Å². The number of rotatable bonds is 4. The van der Waals surface area contributed by atoms with E-state index in [4.69, 9.17) is 4.74 Å². The van der Waals surface area contributed by atoms with Crippen molar-refractivity contribution in [2.45, 2.75) is 31.3 Å². The summed E-state index contributed by atoms with van der Waals surface area (Å²) >= 11 is 3.23. The molecule has 5 nitrogen and oxygen atoms in total.